The number of halogens is 2. The first-order valence-electron chi connectivity index (χ1n) is 11.5. The average Bonchev–Trinajstić information content (AvgIpc) is 3.37. The van der Waals surface area contributed by atoms with Crippen molar-refractivity contribution >= 4 is 46.7 Å². The third-order valence-corrected chi connectivity index (χ3v) is 7.48. The Morgan fingerprint density at radius 2 is 1.84 bits per heavy atom. The van der Waals surface area contributed by atoms with Gasteiger partial charge in [0.25, 0.3) is 5.91 Å². The molecular weight excluding hydrogens is 513 g/mol. The normalized spacial score (nSPS) is 21.1. The molecule has 0 saturated carbocycles. The molecule has 3 aromatic rings. The van der Waals surface area contributed by atoms with Crippen molar-refractivity contribution < 1.29 is 14.4 Å². The molecule has 2 aliphatic heterocycles. The molecule has 0 radical (unpaired) electrons. The Bertz CT molecular complexity index is 1420. The van der Waals surface area contributed by atoms with Crippen molar-refractivity contribution in [1.82, 2.24) is 14.8 Å². The molecule has 1 spiro atoms. The van der Waals surface area contributed by atoms with Gasteiger partial charge >= 0.3 is 6.03 Å². The van der Waals surface area contributed by atoms with Gasteiger partial charge in [-0.25, -0.2) is 9.69 Å². The van der Waals surface area contributed by atoms with E-state index >= 15 is 0 Å². The average molecular weight is 534 g/mol. The third-order valence-electron chi connectivity index (χ3n) is 7.04. The number of hydrogen-bond acceptors (Lipinski definition) is 5. The summed E-state index contributed by atoms with van der Waals surface area (Å²) in [4.78, 5) is 49.2. The van der Waals surface area contributed by atoms with Crippen molar-refractivity contribution in [2.45, 2.75) is 17.9 Å². The molecule has 0 bridgehead atoms. The van der Waals surface area contributed by atoms with Crippen LogP contribution in [0.4, 0.5) is 10.5 Å². The van der Waals surface area contributed by atoms with Crippen LogP contribution in [0.2, 0.25) is 10.0 Å². The van der Waals surface area contributed by atoms with Crippen LogP contribution in [0.15, 0.2) is 67.0 Å². The van der Waals surface area contributed by atoms with Crippen LogP contribution < -0.4 is 4.90 Å². The van der Waals surface area contributed by atoms with Crippen LogP contribution in [-0.4, -0.2) is 58.3 Å². The molecule has 2 aromatic carbocycles. The number of amides is 4. The first-order valence-corrected chi connectivity index (χ1v) is 12.3. The van der Waals surface area contributed by atoms with E-state index < -0.39 is 23.4 Å². The number of benzene rings is 2. The van der Waals surface area contributed by atoms with Gasteiger partial charge in [0.2, 0.25) is 5.91 Å². The molecule has 8 nitrogen and oxygen atoms in total. The fraction of sp³-hybridized carbons (Fsp3) is 0.222. The maximum atomic E-state index is 14.2. The number of anilines is 1. The first-order chi connectivity index (χ1) is 17.7. The number of rotatable bonds is 4. The number of imide groups is 1. The van der Waals surface area contributed by atoms with Crippen molar-refractivity contribution in [3.63, 3.8) is 0 Å². The molecule has 2 aliphatic rings. The largest absolute Gasteiger partial charge is 0.339 e. The Labute approximate surface area is 223 Å². The molecule has 4 amide bonds. The summed E-state index contributed by atoms with van der Waals surface area (Å²) in [6.45, 7) is 0.237. The number of likely N-dealkylation sites (tertiary alicyclic amines) is 1. The zero-order valence-electron chi connectivity index (χ0n) is 19.8. The number of carbonyl (C=O) groups is 3. The maximum absolute atomic E-state index is 14.2. The van der Waals surface area contributed by atoms with Gasteiger partial charge in [0, 0.05) is 41.9 Å². The van der Waals surface area contributed by atoms with Crippen LogP contribution in [-0.2, 0) is 16.0 Å². The highest BCUT2D eigenvalue weighted by molar-refractivity contribution is 6.35. The van der Waals surface area contributed by atoms with Gasteiger partial charge in [-0.1, -0.05) is 41.4 Å². The molecule has 186 valence electrons. The summed E-state index contributed by atoms with van der Waals surface area (Å²) in [7, 11) is 1.57. The summed E-state index contributed by atoms with van der Waals surface area (Å²) < 4.78 is 0. The molecule has 5 rings (SSSR count). The van der Waals surface area contributed by atoms with E-state index in [-0.39, 0.29) is 41.2 Å². The molecule has 2 fully saturated rings. The Hall–Kier alpha value is -3.93. The summed E-state index contributed by atoms with van der Waals surface area (Å²) in [5.41, 5.74) is 0.869. The molecule has 37 heavy (non-hydrogen) atoms. The fourth-order valence-corrected chi connectivity index (χ4v) is 5.70. The molecule has 3 heterocycles. The number of carbonyl (C=O) groups excluding carboxylic acids is 3. The lowest BCUT2D eigenvalue weighted by Gasteiger charge is -2.33. The van der Waals surface area contributed by atoms with Gasteiger partial charge in [-0.2, -0.15) is 5.26 Å². The quantitative estimate of drug-likeness (QED) is 0.466. The van der Waals surface area contributed by atoms with Gasteiger partial charge in [-0.15, -0.1) is 0 Å². The summed E-state index contributed by atoms with van der Waals surface area (Å²) in [6, 6.07) is 16.5. The molecule has 10 heteroatoms. The van der Waals surface area contributed by atoms with Gasteiger partial charge < -0.3 is 9.80 Å². The summed E-state index contributed by atoms with van der Waals surface area (Å²) in [5, 5.41) is 9.81. The monoisotopic (exact) mass is 533 g/mol. The Morgan fingerprint density at radius 1 is 1.14 bits per heavy atom. The zero-order chi connectivity index (χ0) is 26.3. The number of hydrogen-bond donors (Lipinski definition) is 0. The lowest BCUT2D eigenvalue weighted by Crippen LogP contribution is -2.54. The second-order valence-corrected chi connectivity index (χ2v) is 10.0. The second kappa shape index (κ2) is 9.51. The molecule has 1 aromatic heterocycles. The van der Waals surface area contributed by atoms with Crippen LogP contribution in [0.1, 0.15) is 22.6 Å². The van der Waals surface area contributed by atoms with E-state index in [2.05, 4.69) is 11.1 Å². The maximum Gasteiger partial charge on any atom is 0.332 e. The number of nitriles is 1. The van der Waals surface area contributed by atoms with Crippen LogP contribution in [0, 0.1) is 11.3 Å². The predicted octanol–water partition coefficient (Wildman–Crippen LogP) is 4.27. The van der Waals surface area contributed by atoms with Crippen molar-refractivity contribution in [3.05, 3.63) is 93.7 Å². The van der Waals surface area contributed by atoms with Crippen LogP contribution >= 0.6 is 23.2 Å². The highest BCUT2D eigenvalue weighted by Crippen LogP contribution is 2.46. The number of pyridine rings is 1. The highest BCUT2D eigenvalue weighted by Gasteiger charge is 2.64. The van der Waals surface area contributed by atoms with Gasteiger partial charge in [0.1, 0.15) is 5.54 Å². The molecule has 2 saturated heterocycles. The number of nitrogens with zero attached hydrogens (tertiary/aromatic N) is 5. The van der Waals surface area contributed by atoms with Crippen molar-refractivity contribution in [2.75, 3.05) is 25.0 Å². The molecule has 2 atom stereocenters. The van der Waals surface area contributed by atoms with Crippen molar-refractivity contribution in [1.29, 1.82) is 5.26 Å². The second-order valence-electron chi connectivity index (χ2n) is 9.13. The van der Waals surface area contributed by atoms with Gasteiger partial charge in [-0.3, -0.25) is 14.6 Å². The number of aromatic nitrogens is 1. The van der Waals surface area contributed by atoms with E-state index in [0.717, 1.165) is 16.0 Å². The zero-order valence-corrected chi connectivity index (χ0v) is 21.3. The number of likely N-dealkylation sites (N-methyl/N-ethyl adjacent to an activating group) is 1. The molecular formula is C27H21Cl2N5O3. The lowest BCUT2D eigenvalue weighted by molar-refractivity contribution is -0.130. The van der Waals surface area contributed by atoms with E-state index in [9.17, 15) is 19.6 Å². The minimum Gasteiger partial charge on any atom is -0.339 e. The minimum atomic E-state index is -1.36. The van der Waals surface area contributed by atoms with Crippen LogP contribution in [0.25, 0.3) is 0 Å². The summed E-state index contributed by atoms with van der Waals surface area (Å²) in [6.07, 6.45) is 3.38. The molecule has 0 aliphatic carbocycles. The smallest absolute Gasteiger partial charge is 0.332 e. The van der Waals surface area contributed by atoms with Gasteiger partial charge in [0.15, 0.2) is 0 Å². The number of urea groups is 1. The Morgan fingerprint density at radius 3 is 2.46 bits per heavy atom. The summed E-state index contributed by atoms with van der Waals surface area (Å²) in [5.74, 6) is -1.18. The van der Waals surface area contributed by atoms with Crippen LogP contribution in [0.5, 0.6) is 0 Å². The van der Waals surface area contributed by atoms with E-state index in [1.54, 1.807) is 54.7 Å². The SMILES string of the molecule is CN1C(=O)N(c2cc(Cl)cc(Cl)c2)C(=O)[C@]12CN(C(=O)Cc1cccnc1)C[C@H]2c1ccc(C#N)cc1. The lowest BCUT2D eigenvalue weighted by atomic mass is 9.80. The van der Waals surface area contributed by atoms with E-state index in [0.29, 0.717) is 5.56 Å². The Kier molecular flexibility index (Phi) is 6.36. The van der Waals surface area contributed by atoms with E-state index in [1.165, 1.54) is 23.1 Å². The van der Waals surface area contributed by atoms with Crippen molar-refractivity contribution in [2.24, 2.45) is 0 Å². The summed E-state index contributed by atoms with van der Waals surface area (Å²) >= 11 is 12.3. The highest BCUT2D eigenvalue weighted by atomic mass is 35.5. The Balaban J connectivity index is 1.57. The van der Waals surface area contributed by atoms with Gasteiger partial charge in [-0.05, 0) is 47.5 Å². The third kappa shape index (κ3) is 4.20. The molecule has 0 unspecified atom stereocenters. The fourth-order valence-electron chi connectivity index (χ4n) is 5.18. The minimum absolute atomic E-state index is 0.0165. The van der Waals surface area contributed by atoms with E-state index in [4.69, 9.17) is 23.2 Å². The predicted molar refractivity (Wildman–Crippen MR) is 138 cm³/mol. The first kappa shape index (κ1) is 24.8. The standard InChI is InChI=1S/C27H21Cl2N5O3/c1-32-26(37)34(22-11-20(28)10-21(29)12-22)25(36)27(32)16-33(24(35)9-18-3-2-8-31-14-18)15-23(27)19-6-4-17(13-30)5-7-19/h2-8,10-12,14,23H,9,15-16H2,1H3/t23-,27+/m0/s1. The topological polar surface area (TPSA) is 97.6 Å². The van der Waals surface area contributed by atoms with Gasteiger partial charge in [0.05, 0.1) is 30.3 Å². The van der Waals surface area contributed by atoms with Crippen molar-refractivity contribution in [3.8, 4) is 6.07 Å². The van der Waals surface area contributed by atoms with E-state index in [1.807, 2.05) is 6.07 Å². The molecule has 0 N–H and O–H groups in total. The van der Waals surface area contributed by atoms with Crippen LogP contribution in [0.3, 0.4) is 0 Å².